The highest BCUT2D eigenvalue weighted by Gasteiger charge is 2.20. The number of methoxy groups -OCH3 is 1. The second-order valence-electron chi connectivity index (χ2n) is 7.51. The minimum atomic E-state index is -0.574. The molecule has 3 aromatic rings. The van der Waals surface area contributed by atoms with Gasteiger partial charge in [0.1, 0.15) is 44.3 Å². The summed E-state index contributed by atoms with van der Waals surface area (Å²) >= 11 is 0. The second kappa shape index (κ2) is 9.03. The Morgan fingerprint density at radius 3 is 2.81 bits per heavy atom. The summed E-state index contributed by atoms with van der Waals surface area (Å²) in [5.74, 6) is 0.240. The lowest BCUT2D eigenvalue weighted by Crippen LogP contribution is -2.42. The van der Waals surface area contributed by atoms with E-state index in [0.717, 1.165) is 25.2 Å². The number of halogens is 2. The normalized spacial score (nSPS) is 17.0. The van der Waals surface area contributed by atoms with Crippen molar-refractivity contribution in [3.05, 3.63) is 42.2 Å². The minimum absolute atomic E-state index is 0.0130. The van der Waals surface area contributed by atoms with E-state index in [1.54, 1.807) is 12.1 Å². The number of hydrogen-bond donors (Lipinski definition) is 1. The number of ether oxygens (including phenoxy) is 3. The molecule has 4 rings (SSSR count). The molecule has 2 heterocycles. The van der Waals surface area contributed by atoms with Crippen molar-refractivity contribution in [1.29, 1.82) is 0 Å². The molecule has 0 radical (unpaired) electrons. The topological polar surface area (TPSA) is 68.7 Å². The predicted octanol–water partition coefficient (Wildman–Crippen LogP) is 1.63. The Bertz CT molecular complexity index is 1100. The molecular formula is C21H23BF2N4O3. The van der Waals surface area contributed by atoms with Crippen molar-refractivity contribution in [2.75, 3.05) is 45.8 Å². The van der Waals surface area contributed by atoms with Crippen LogP contribution < -0.4 is 20.3 Å². The van der Waals surface area contributed by atoms with Crippen LogP contribution in [0, 0.1) is 11.6 Å². The summed E-state index contributed by atoms with van der Waals surface area (Å²) in [4.78, 5) is 10.7. The number of benzene rings is 2. The van der Waals surface area contributed by atoms with Gasteiger partial charge in [0.15, 0.2) is 11.5 Å². The molecule has 1 atom stereocenters. The van der Waals surface area contributed by atoms with Gasteiger partial charge in [-0.05, 0) is 25.2 Å². The van der Waals surface area contributed by atoms with E-state index in [4.69, 9.17) is 14.2 Å². The van der Waals surface area contributed by atoms with Crippen molar-refractivity contribution in [3.63, 3.8) is 0 Å². The quantitative estimate of drug-likeness (QED) is 0.599. The number of rotatable bonds is 6. The van der Waals surface area contributed by atoms with Crippen LogP contribution in [-0.4, -0.2) is 69.3 Å². The van der Waals surface area contributed by atoms with E-state index in [1.165, 1.54) is 21.3 Å². The summed E-state index contributed by atoms with van der Waals surface area (Å²) < 4.78 is 45.4. The third-order valence-corrected chi connectivity index (χ3v) is 5.19. The van der Waals surface area contributed by atoms with E-state index >= 15 is 0 Å². The molecule has 1 saturated heterocycles. The van der Waals surface area contributed by atoms with Crippen LogP contribution in [0.3, 0.4) is 0 Å². The summed E-state index contributed by atoms with van der Waals surface area (Å²) in [6, 6.07) is 5.69. The zero-order valence-corrected chi connectivity index (χ0v) is 17.6. The van der Waals surface area contributed by atoms with Crippen molar-refractivity contribution in [2.24, 2.45) is 0 Å². The van der Waals surface area contributed by atoms with Crippen LogP contribution in [0.2, 0.25) is 0 Å². The van der Waals surface area contributed by atoms with Gasteiger partial charge in [0.25, 0.3) is 0 Å². The first-order chi connectivity index (χ1) is 14.9. The molecular weight excluding hydrogens is 405 g/mol. The molecule has 10 heteroatoms. The number of morpholine rings is 1. The van der Waals surface area contributed by atoms with Crippen LogP contribution in [0.4, 0.5) is 20.3 Å². The van der Waals surface area contributed by atoms with Gasteiger partial charge in [0.05, 0.1) is 24.9 Å². The largest absolute Gasteiger partial charge is 0.493 e. The average molecular weight is 428 g/mol. The number of aromatic nitrogens is 2. The number of nitrogens with zero attached hydrogens (tertiary/aromatic N) is 3. The number of nitrogens with one attached hydrogen (secondary N) is 1. The third-order valence-electron chi connectivity index (χ3n) is 5.19. The minimum Gasteiger partial charge on any atom is -0.493 e. The second-order valence-corrected chi connectivity index (χ2v) is 7.51. The van der Waals surface area contributed by atoms with Crippen molar-refractivity contribution >= 4 is 35.7 Å². The van der Waals surface area contributed by atoms with Gasteiger partial charge in [-0.2, -0.15) is 0 Å². The molecule has 162 valence electrons. The standard InChI is InChI=1S/C21H23BF2N4O3/c1-28-3-4-30-12(9-28)10-31-20-8-17-13(5-19(20)29-2)21(26-11-25-17)27-18-7-15(23)14(22)6-16(18)24/h5-8,11-12H,3-4,9-10,22H2,1-2H3,(H,25,26,27). The molecule has 0 amide bonds. The molecule has 0 spiro atoms. The van der Waals surface area contributed by atoms with Gasteiger partial charge in [-0.1, -0.05) is 5.46 Å². The van der Waals surface area contributed by atoms with E-state index < -0.39 is 11.6 Å². The summed E-state index contributed by atoms with van der Waals surface area (Å²) in [6.07, 6.45) is 1.31. The molecule has 1 aliphatic heterocycles. The third kappa shape index (κ3) is 4.70. The number of anilines is 2. The van der Waals surface area contributed by atoms with Crippen molar-refractivity contribution < 1.29 is 23.0 Å². The smallest absolute Gasteiger partial charge is 0.163 e. The molecule has 0 bridgehead atoms. The van der Waals surface area contributed by atoms with Crippen LogP contribution in [0.1, 0.15) is 0 Å². The van der Waals surface area contributed by atoms with Gasteiger partial charge in [0.2, 0.25) is 0 Å². The molecule has 1 aromatic heterocycles. The average Bonchev–Trinajstić information content (AvgIpc) is 2.75. The van der Waals surface area contributed by atoms with E-state index in [9.17, 15) is 8.78 Å². The molecule has 1 aliphatic rings. The van der Waals surface area contributed by atoms with Gasteiger partial charge < -0.3 is 24.4 Å². The van der Waals surface area contributed by atoms with Crippen LogP contribution in [-0.2, 0) is 4.74 Å². The summed E-state index contributed by atoms with van der Waals surface area (Å²) in [5.41, 5.74) is 0.788. The Morgan fingerprint density at radius 1 is 1.19 bits per heavy atom. The Balaban J connectivity index is 1.61. The van der Waals surface area contributed by atoms with Crippen molar-refractivity contribution in [3.8, 4) is 11.5 Å². The summed E-state index contributed by atoms with van der Waals surface area (Å²) in [6.45, 7) is 2.72. The lowest BCUT2D eigenvalue weighted by Gasteiger charge is -2.30. The SMILES string of the molecule is Bc1cc(F)c(Nc2ncnc3cc(OCC4CN(C)CCO4)c(OC)cc23)cc1F. The monoisotopic (exact) mass is 428 g/mol. The molecule has 1 unspecified atom stereocenters. The van der Waals surface area contributed by atoms with Crippen LogP contribution in [0.25, 0.3) is 10.9 Å². The van der Waals surface area contributed by atoms with Gasteiger partial charge >= 0.3 is 0 Å². The maximum absolute atomic E-state index is 14.3. The Morgan fingerprint density at radius 2 is 2.03 bits per heavy atom. The zero-order valence-electron chi connectivity index (χ0n) is 17.6. The maximum Gasteiger partial charge on any atom is 0.163 e. The van der Waals surface area contributed by atoms with Crippen LogP contribution >= 0.6 is 0 Å². The van der Waals surface area contributed by atoms with Crippen LogP contribution in [0.5, 0.6) is 11.5 Å². The molecule has 0 saturated carbocycles. The van der Waals surface area contributed by atoms with Gasteiger partial charge in [0, 0.05) is 24.5 Å². The number of hydrogen-bond acceptors (Lipinski definition) is 7. The summed E-state index contributed by atoms with van der Waals surface area (Å²) in [7, 11) is 5.08. The Labute approximate surface area is 179 Å². The Hall–Kier alpha value is -2.98. The molecule has 1 fully saturated rings. The molecule has 31 heavy (non-hydrogen) atoms. The summed E-state index contributed by atoms with van der Waals surface area (Å²) in [5, 5.41) is 3.44. The van der Waals surface area contributed by atoms with E-state index in [1.807, 2.05) is 7.05 Å². The lowest BCUT2D eigenvalue weighted by atomic mass is 9.95. The van der Waals surface area contributed by atoms with E-state index in [-0.39, 0.29) is 17.3 Å². The first-order valence-corrected chi connectivity index (χ1v) is 9.93. The van der Waals surface area contributed by atoms with Crippen LogP contribution in [0.15, 0.2) is 30.6 Å². The van der Waals surface area contributed by atoms with Gasteiger partial charge in [-0.3, -0.25) is 0 Å². The first kappa shape index (κ1) is 21.3. The van der Waals surface area contributed by atoms with Crippen molar-refractivity contribution in [2.45, 2.75) is 6.10 Å². The highest BCUT2D eigenvalue weighted by atomic mass is 19.1. The van der Waals surface area contributed by atoms with Crippen molar-refractivity contribution in [1.82, 2.24) is 14.9 Å². The van der Waals surface area contributed by atoms with E-state index in [2.05, 4.69) is 20.2 Å². The molecule has 2 aromatic carbocycles. The fraction of sp³-hybridized carbons (Fsp3) is 0.333. The van der Waals surface area contributed by atoms with Gasteiger partial charge in [-0.25, -0.2) is 18.7 Å². The predicted molar refractivity (Wildman–Crippen MR) is 117 cm³/mol. The molecule has 0 aliphatic carbocycles. The van der Waals surface area contributed by atoms with E-state index in [0.29, 0.717) is 41.4 Å². The number of likely N-dealkylation sites (N-methyl/N-ethyl adjacent to an activating group) is 1. The highest BCUT2D eigenvalue weighted by molar-refractivity contribution is 6.32. The molecule has 1 N–H and O–H groups in total. The fourth-order valence-corrected chi connectivity index (χ4v) is 3.46. The first-order valence-electron chi connectivity index (χ1n) is 9.93. The number of fused-ring (bicyclic) bond motifs is 1. The fourth-order valence-electron chi connectivity index (χ4n) is 3.46. The molecule has 7 nitrogen and oxygen atoms in total. The maximum atomic E-state index is 14.3. The highest BCUT2D eigenvalue weighted by Crippen LogP contribution is 2.35. The van der Waals surface area contributed by atoms with Gasteiger partial charge in [-0.15, -0.1) is 0 Å². The Kier molecular flexibility index (Phi) is 6.19. The zero-order chi connectivity index (χ0) is 22.0. The lowest BCUT2D eigenvalue weighted by molar-refractivity contribution is -0.0406.